The first kappa shape index (κ1) is 16.5. The second kappa shape index (κ2) is 6.50. The third-order valence-electron chi connectivity index (χ3n) is 2.85. The fourth-order valence-corrected chi connectivity index (χ4v) is 2.48. The zero-order valence-electron chi connectivity index (χ0n) is 11.9. The summed E-state index contributed by atoms with van der Waals surface area (Å²) in [7, 11) is -4.09. The van der Waals surface area contributed by atoms with Gasteiger partial charge in [-0.3, -0.25) is 15.3 Å². The summed E-state index contributed by atoms with van der Waals surface area (Å²) in [5.41, 5.74) is 0.225. The topological polar surface area (TPSA) is 125 Å². The van der Waals surface area contributed by atoms with Crippen molar-refractivity contribution in [1.29, 1.82) is 0 Å². The Morgan fingerprint density at radius 1 is 1.26 bits per heavy atom. The number of sulfonamides is 1. The minimum atomic E-state index is -4.09. The lowest BCUT2D eigenvalue weighted by Crippen LogP contribution is -2.12. The molecule has 0 atom stereocenters. The number of non-ortho nitro benzene ring substituents is 1. The van der Waals surface area contributed by atoms with E-state index in [0.29, 0.717) is 0 Å². The standard InChI is InChI=1S/C13H12N4O5S/c1-10(13-4-2-3-9-16(13)18)14-15-23(21,22)12-7-5-11(6-8-12)17(19)20/h2-9,18H,1H3/b13-10-,15-14?. The molecule has 1 aromatic carbocycles. The van der Waals surface area contributed by atoms with Crippen LogP contribution < -0.4 is 0 Å². The van der Waals surface area contributed by atoms with Gasteiger partial charge in [0.05, 0.1) is 21.2 Å². The summed E-state index contributed by atoms with van der Waals surface area (Å²) in [6.07, 6.45) is 6.12. The number of hydrogen-bond donors (Lipinski definition) is 1. The highest BCUT2D eigenvalue weighted by atomic mass is 32.2. The van der Waals surface area contributed by atoms with Gasteiger partial charge < -0.3 is 0 Å². The van der Waals surface area contributed by atoms with E-state index in [2.05, 4.69) is 9.63 Å². The van der Waals surface area contributed by atoms with Crippen LogP contribution in [0.4, 0.5) is 5.69 Å². The Bertz CT molecular complexity index is 838. The van der Waals surface area contributed by atoms with Gasteiger partial charge in [0.1, 0.15) is 0 Å². The lowest BCUT2D eigenvalue weighted by Gasteiger charge is -2.16. The van der Waals surface area contributed by atoms with E-state index in [9.17, 15) is 23.7 Å². The van der Waals surface area contributed by atoms with Crippen LogP contribution in [0.2, 0.25) is 0 Å². The summed E-state index contributed by atoms with van der Waals surface area (Å²) < 4.78 is 27.3. The maximum atomic E-state index is 12.0. The quantitative estimate of drug-likeness (QED) is 0.512. The number of nitrogens with zero attached hydrogens (tertiary/aromatic N) is 4. The summed E-state index contributed by atoms with van der Waals surface area (Å²) >= 11 is 0. The summed E-state index contributed by atoms with van der Waals surface area (Å²) in [4.78, 5) is 9.70. The molecular weight excluding hydrogens is 324 g/mol. The average Bonchev–Trinajstić information content (AvgIpc) is 2.53. The highest BCUT2D eigenvalue weighted by Gasteiger charge is 2.16. The zero-order valence-corrected chi connectivity index (χ0v) is 12.7. The van der Waals surface area contributed by atoms with E-state index in [-0.39, 0.29) is 22.0 Å². The minimum absolute atomic E-state index is 0.179. The van der Waals surface area contributed by atoms with Crippen molar-refractivity contribution in [2.75, 3.05) is 0 Å². The Hall–Kier alpha value is -2.85. The molecule has 0 fully saturated rings. The van der Waals surface area contributed by atoms with Crippen molar-refractivity contribution in [2.45, 2.75) is 11.8 Å². The van der Waals surface area contributed by atoms with E-state index in [1.54, 1.807) is 12.2 Å². The molecule has 0 saturated carbocycles. The monoisotopic (exact) mass is 336 g/mol. The van der Waals surface area contributed by atoms with Gasteiger partial charge in [-0.05, 0) is 31.2 Å². The molecule has 0 saturated heterocycles. The molecule has 120 valence electrons. The predicted octanol–water partition coefficient (Wildman–Crippen LogP) is 2.74. The molecule has 2 rings (SSSR count). The van der Waals surface area contributed by atoms with Crippen molar-refractivity contribution in [2.24, 2.45) is 9.63 Å². The highest BCUT2D eigenvalue weighted by molar-refractivity contribution is 7.90. The number of benzene rings is 1. The van der Waals surface area contributed by atoms with Gasteiger partial charge in [-0.15, -0.1) is 5.11 Å². The summed E-state index contributed by atoms with van der Waals surface area (Å²) in [6, 6.07) is 4.29. The van der Waals surface area contributed by atoms with E-state index < -0.39 is 14.9 Å². The van der Waals surface area contributed by atoms with Crippen LogP contribution in [-0.4, -0.2) is 23.6 Å². The number of hydroxylamine groups is 2. The molecule has 0 unspecified atom stereocenters. The number of hydrogen-bond acceptors (Lipinski definition) is 7. The van der Waals surface area contributed by atoms with Crippen LogP contribution in [0.5, 0.6) is 0 Å². The SMILES string of the molecule is C/C(N=NS(=O)(=O)c1ccc([N+](=O)[O-])cc1)=C1\C=CC=CN1O. The molecule has 1 aliphatic rings. The first-order chi connectivity index (χ1) is 10.8. The van der Waals surface area contributed by atoms with Crippen LogP contribution >= 0.6 is 0 Å². The van der Waals surface area contributed by atoms with Crippen LogP contribution in [0, 0.1) is 10.1 Å². The molecule has 1 aliphatic heterocycles. The molecule has 10 heteroatoms. The van der Waals surface area contributed by atoms with Crippen molar-refractivity contribution in [1.82, 2.24) is 5.06 Å². The minimum Gasteiger partial charge on any atom is -0.284 e. The molecule has 0 aromatic heterocycles. The van der Waals surface area contributed by atoms with E-state index >= 15 is 0 Å². The molecule has 1 aromatic rings. The number of nitro groups is 1. The van der Waals surface area contributed by atoms with Crippen molar-refractivity contribution in [3.63, 3.8) is 0 Å². The first-order valence-electron chi connectivity index (χ1n) is 6.27. The van der Waals surface area contributed by atoms with Gasteiger partial charge in [0, 0.05) is 18.3 Å². The first-order valence-corrected chi connectivity index (χ1v) is 7.71. The lowest BCUT2D eigenvalue weighted by atomic mass is 10.2. The summed E-state index contributed by atoms with van der Waals surface area (Å²) in [6.45, 7) is 1.48. The molecule has 0 radical (unpaired) electrons. The lowest BCUT2D eigenvalue weighted by molar-refractivity contribution is -0.384. The van der Waals surface area contributed by atoms with Crippen LogP contribution in [0.3, 0.4) is 0 Å². The van der Waals surface area contributed by atoms with Crippen LogP contribution in [0.1, 0.15) is 6.92 Å². The Labute approximate surface area is 131 Å². The van der Waals surface area contributed by atoms with Crippen molar-refractivity contribution in [3.05, 3.63) is 70.2 Å². The third-order valence-corrected chi connectivity index (χ3v) is 4.02. The van der Waals surface area contributed by atoms with Crippen LogP contribution in [0.15, 0.2) is 74.6 Å². The van der Waals surface area contributed by atoms with E-state index in [1.807, 2.05) is 0 Å². The molecule has 9 nitrogen and oxygen atoms in total. The normalized spacial score (nSPS) is 16.9. The molecular formula is C13H12N4O5S. The van der Waals surface area contributed by atoms with Gasteiger partial charge in [-0.2, -0.15) is 8.42 Å². The fourth-order valence-electron chi connectivity index (χ4n) is 1.67. The number of allylic oxidation sites excluding steroid dienone is 4. The molecule has 0 amide bonds. The van der Waals surface area contributed by atoms with Gasteiger partial charge in [0.2, 0.25) is 0 Å². The van der Waals surface area contributed by atoms with Crippen molar-refractivity contribution in [3.8, 4) is 0 Å². The largest absolute Gasteiger partial charge is 0.299 e. The summed E-state index contributed by atoms with van der Waals surface area (Å²) in [5, 5.41) is 24.5. The van der Waals surface area contributed by atoms with Gasteiger partial charge >= 0.3 is 0 Å². The molecule has 23 heavy (non-hydrogen) atoms. The van der Waals surface area contributed by atoms with Gasteiger partial charge in [-0.25, -0.2) is 5.06 Å². The van der Waals surface area contributed by atoms with Crippen LogP contribution in [0.25, 0.3) is 0 Å². The van der Waals surface area contributed by atoms with E-state index in [4.69, 9.17) is 0 Å². The highest BCUT2D eigenvalue weighted by Crippen LogP contribution is 2.20. The second-order valence-corrected chi connectivity index (χ2v) is 6.01. The molecule has 0 bridgehead atoms. The summed E-state index contributed by atoms with van der Waals surface area (Å²) in [5.74, 6) is 0. The Balaban J connectivity index is 2.27. The second-order valence-electron chi connectivity index (χ2n) is 4.42. The molecule has 1 N–H and O–H groups in total. The maximum absolute atomic E-state index is 12.0. The maximum Gasteiger partial charge on any atom is 0.299 e. The smallest absolute Gasteiger partial charge is 0.284 e. The Morgan fingerprint density at radius 3 is 2.48 bits per heavy atom. The zero-order chi connectivity index (χ0) is 17.0. The third kappa shape index (κ3) is 3.87. The molecule has 1 heterocycles. The van der Waals surface area contributed by atoms with Gasteiger partial charge in [-0.1, -0.05) is 10.6 Å². The van der Waals surface area contributed by atoms with Gasteiger partial charge in [0.15, 0.2) is 0 Å². The Kier molecular flexibility index (Phi) is 4.67. The molecule has 0 aliphatic carbocycles. The number of nitro benzene ring substituents is 1. The van der Waals surface area contributed by atoms with E-state index in [1.165, 1.54) is 19.2 Å². The molecule has 0 spiro atoms. The van der Waals surface area contributed by atoms with Gasteiger partial charge in [0.25, 0.3) is 15.7 Å². The Morgan fingerprint density at radius 2 is 1.91 bits per heavy atom. The predicted molar refractivity (Wildman–Crippen MR) is 79.7 cm³/mol. The average molecular weight is 336 g/mol. The van der Waals surface area contributed by atoms with Crippen LogP contribution in [-0.2, 0) is 10.0 Å². The van der Waals surface area contributed by atoms with E-state index in [0.717, 1.165) is 29.3 Å². The fraction of sp³-hybridized carbons (Fsp3) is 0.0769. The van der Waals surface area contributed by atoms with Crippen molar-refractivity contribution < 1.29 is 18.5 Å². The number of rotatable bonds is 4. The van der Waals surface area contributed by atoms with Crippen molar-refractivity contribution >= 4 is 15.7 Å².